The molecule has 2 aromatic carbocycles. The summed E-state index contributed by atoms with van der Waals surface area (Å²) in [7, 11) is 0. The first-order valence-electron chi connectivity index (χ1n) is 10.6. The highest BCUT2D eigenvalue weighted by atomic mass is 16.5. The molecule has 0 atom stereocenters. The molecule has 2 N–H and O–H groups in total. The Morgan fingerprint density at radius 1 is 1.07 bits per heavy atom. The van der Waals surface area contributed by atoms with Crippen LogP contribution in [0, 0.1) is 0 Å². The van der Waals surface area contributed by atoms with Crippen LogP contribution in [0.5, 0.6) is 5.75 Å². The number of carbonyl (C=O) groups is 1. The molecule has 0 aliphatic carbocycles. The van der Waals surface area contributed by atoms with E-state index in [1.807, 2.05) is 30.3 Å². The fourth-order valence-corrected chi connectivity index (χ4v) is 3.26. The fraction of sp³-hybridized carbons (Fsp3) is 0.435. The summed E-state index contributed by atoms with van der Waals surface area (Å²) in [6, 6.07) is 12.1. The molecule has 3 rings (SSSR count). The van der Waals surface area contributed by atoms with Gasteiger partial charge in [0.1, 0.15) is 5.75 Å². The summed E-state index contributed by atoms with van der Waals surface area (Å²) in [5.41, 5.74) is 0.880. The van der Waals surface area contributed by atoms with E-state index in [1.165, 1.54) is 25.7 Å². The van der Waals surface area contributed by atoms with E-state index in [4.69, 9.17) is 14.4 Å². The summed E-state index contributed by atoms with van der Waals surface area (Å²) in [5.74, 6) is 1.92. The third kappa shape index (κ3) is 6.47. The molecule has 0 fully saturated rings. The van der Waals surface area contributed by atoms with E-state index >= 15 is 0 Å². The lowest BCUT2D eigenvalue weighted by Crippen LogP contribution is -2.22. The van der Waals surface area contributed by atoms with Crippen LogP contribution in [0.25, 0.3) is 22.2 Å². The highest BCUT2D eigenvalue weighted by Crippen LogP contribution is 2.26. The first-order chi connectivity index (χ1) is 14.7. The summed E-state index contributed by atoms with van der Waals surface area (Å²) in [4.78, 5) is 14.9. The van der Waals surface area contributed by atoms with Crippen molar-refractivity contribution in [2.75, 3.05) is 13.2 Å². The Hall–Kier alpha value is -3.09. The van der Waals surface area contributed by atoms with Gasteiger partial charge in [-0.25, -0.2) is 4.79 Å². The van der Waals surface area contributed by atoms with Crippen molar-refractivity contribution in [2.45, 2.75) is 51.9 Å². The molecule has 0 aliphatic rings. The van der Waals surface area contributed by atoms with Gasteiger partial charge in [-0.3, -0.25) is 0 Å². The van der Waals surface area contributed by atoms with Crippen LogP contribution in [0.1, 0.15) is 51.3 Å². The maximum atomic E-state index is 10.5. The maximum absolute atomic E-state index is 10.5. The molecule has 0 radical (unpaired) electrons. The van der Waals surface area contributed by atoms with E-state index in [0.717, 1.165) is 35.1 Å². The van der Waals surface area contributed by atoms with Crippen LogP contribution in [0.3, 0.4) is 0 Å². The number of nitrogens with one attached hydrogen (secondary N) is 1. The van der Waals surface area contributed by atoms with Gasteiger partial charge in [-0.2, -0.15) is 4.98 Å². The van der Waals surface area contributed by atoms with E-state index in [9.17, 15) is 4.79 Å². The number of carboxylic acid groups (broad SMARTS) is 1. The molecule has 0 unspecified atom stereocenters. The number of nitrogens with zero attached hydrogens (tertiary/aromatic N) is 2. The third-order valence-corrected chi connectivity index (χ3v) is 4.90. The van der Waals surface area contributed by atoms with Crippen LogP contribution in [-0.2, 0) is 6.42 Å². The van der Waals surface area contributed by atoms with Gasteiger partial charge in [0.2, 0.25) is 11.7 Å². The minimum Gasteiger partial charge on any atom is -0.494 e. The van der Waals surface area contributed by atoms with Crippen molar-refractivity contribution in [1.82, 2.24) is 15.5 Å². The van der Waals surface area contributed by atoms with Gasteiger partial charge in [0, 0.05) is 18.5 Å². The second kappa shape index (κ2) is 11.2. The van der Waals surface area contributed by atoms with Crippen molar-refractivity contribution in [3.8, 4) is 17.1 Å². The maximum Gasteiger partial charge on any atom is 0.404 e. The Morgan fingerprint density at radius 3 is 2.70 bits per heavy atom. The molecule has 1 aromatic heterocycles. The van der Waals surface area contributed by atoms with Crippen molar-refractivity contribution in [3.63, 3.8) is 0 Å². The largest absolute Gasteiger partial charge is 0.494 e. The first kappa shape index (κ1) is 21.6. The zero-order valence-corrected chi connectivity index (χ0v) is 17.4. The van der Waals surface area contributed by atoms with Gasteiger partial charge in [-0.05, 0) is 41.8 Å². The molecule has 0 aliphatic heterocycles. The van der Waals surface area contributed by atoms with Gasteiger partial charge in [-0.1, -0.05) is 56.0 Å². The molecule has 160 valence electrons. The van der Waals surface area contributed by atoms with Crippen LogP contribution >= 0.6 is 0 Å². The van der Waals surface area contributed by atoms with Crippen LogP contribution in [-0.4, -0.2) is 34.5 Å². The van der Waals surface area contributed by atoms with Crippen molar-refractivity contribution in [2.24, 2.45) is 0 Å². The zero-order chi connectivity index (χ0) is 21.2. The Morgan fingerprint density at radius 2 is 1.87 bits per heavy atom. The lowest BCUT2D eigenvalue weighted by molar-refractivity contribution is 0.194. The predicted molar refractivity (Wildman–Crippen MR) is 116 cm³/mol. The van der Waals surface area contributed by atoms with Gasteiger partial charge in [0.25, 0.3) is 0 Å². The van der Waals surface area contributed by atoms with Crippen molar-refractivity contribution in [1.29, 1.82) is 0 Å². The number of unbranched alkanes of at least 4 members (excludes halogenated alkanes) is 4. The molecule has 0 bridgehead atoms. The van der Waals surface area contributed by atoms with Crippen LogP contribution in [0.2, 0.25) is 0 Å². The van der Waals surface area contributed by atoms with Gasteiger partial charge in [0.05, 0.1) is 6.61 Å². The monoisotopic (exact) mass is 411 g/mol. The third-order valence-electron chi connectivity index (χ3n) is 4.90. The Balaban J connectivity index is 1.56. The Kier molecular flexibility index (Phi) is 8.06. The second-order valence-electron chi connectivity index (χ2n) is 7.33. The number of hydrogen-bond donors (Lipinski definition) is 2. The number of ether oxygens (including phenoxy) is 1. The van der Waals surface area contributed by atoms with Crippen LogP contribution in [0.15, 0.2) is 40.9 Å². The normalized spacial score (nSPS) is 11.0. The minimum atomic E-state index is -1.03. The zero-order valence-electron chi connectivity index (χ0n) is 17.4. The minimum absolute atomic E-state index is 0.353. The molecular weight excluding hydrogens is 382 g/mol. The molecule has 0 spiro atoms. The molecule has 3 aromatic rings. The lowest BCUT2D eigenvalue weighted by atomic mass is 10.1. The van der Waals surface area contributed by atoms with E-state index in [0.29, 0.717) is 31.1 Å². The van der Waals surface area contributed by atoms with E-state index in [1.54, 1.807) is 0 Å². The predicted octanol–water partition coefficient (Wildman–Crippen LogP) is 5.44. The van der Waals surface area contributed by atoms with E-state index in [2.05, 4.69) is 28.4 Å². The number of aryl methyl sites for hydroxylation is 1. The number of benzene rings is 2. The molecule has 0 saturated heterocycles. The number of aromatic nitrogens is 2. The number of hydrogen-bond acceptors (Lipinski definition) is 5. The summed E-state index contributed by atoms with van der Waals surface area (Å²) in [6.45, 7) is 3.32. The fourth-order valence-electron chi connectivity index (χ4n) is 3.26. The van der Waals surface area contributed by atoms with Crippen molar-refractivity contribution < 1.29 is 19.2 Å². The average molecular weight is 412 g/mol. The summed E-state index contributed by atoms with van der Waals surface area (Å²) in [5, 5.41) is 17.1. The molecule has 7 heteroatoms. The second-order valence-corrected chi connectivity index (χ2v) is 7.33. The lowest BCUT2D eigenvalue weighted by Gasteiger charge is -2.08. The average Bonchev–Trinajstić information content (AvgIpc) is 3.22. The number of fused-ring (bicyclic) bond motifs is 1. The number of amides is 1. The van der Waals surface area contributed by atoms with Gasteiger partial charge >= 0.3 is 6.09 Å². The van der Waals surface area contributed by atoms with Crippen LogP contribution < -0.4 is 10.1 Å². The quantitative estimate of drug-likeness (QED) is 0.385. The highest BCUT2D eigenvalue weighted by Gasteiger charge is 2.10. The topological polar surface area (TPSA) is 97.5 Å². The van der Waals surface area contributed by atoms with E-state index < -0.39 is 6.09 Å². The van der Waals surface area contributed by atoms with Crippen molar-refractivity contribution in [3.05, 3.63) is 42.3 Å². The van der Waals surface area contributed by atoms with Crippen molar-refractivity contribution >= 4 is 16.9 Å². The standard InChI is InChI=1S/C23H29N3O4/c1-2-3-4-5-6-14-29-20-12-11-17-15-19(10-9-18(17)16-20)22-25-21(30-26-22)8-7-13-24-23(27)28/h9-12,15-16,24H,2-8,13-14H2,1H3,(H,27,28). The number of rotatable bonds is 12. The van der Waals surface area contributed by atoms with Gasteiger partial charge in [-0.15, -0.1) is 0 Å². The SMILES string of the molecule is CCCCCCCOc1ccc2cc(-c3noc(CCCNC(=O)O)n3)ccc2c1. The molecular formula is C23H29N3O4. The van der Waals surface area contributed by atoms with E-state index in [-0.39, 0.29) is 0 Å². The summed E-state index contributed by atoms with van der Waals surface area (Å²) in [6.07, 6.45) is 6.23. The molecule has 7 nitrogen and oxygen atoms in total. The molecule has 30 heavy (non-hydrogen) atoms. The summed E-state index contributed by atoms with van der Waals surface area (Å²) >= 11 is 0. The molecule has 1 amide bonds. The van der Waals surface area contributed by atoms with Gasteiger partial charge in [0.15, 0.2) is 0 Å². The Bertz CT molecular complexity index is 955. The smallest absolute Gasteiger partial charge is 0.404 e. The Labute approximate surface area is 176 Å². The molecule has 0 saturated carbocycles. The van der Waals surface area contributed by atoms with Gasteiger partial charge < -0.3 is 19.7 Å². The summed E-state index contributed by atoms with van der Waals surface area (Å²) < 4.78 is 11.2. The highest BCUT2D eigenvalue weighted by molar-refractivity contribution is 5.87. The molecule has 1 heterocycles. The van der Waals surface area contributed by atoms with Crippen LogP contribution in [0.4, 0.5) is 4.79 Å². The first-order valence-corrected chi connectivity index (χ1v) is 10.6.